The lowest BCUT2D eigenvalue weighted by molar-refractivity contribution is -0.274. The normalized spacial score (nSPS) is 16.1. The van der Waals surface area contributed by atoms with E-state index < -0.39 is 6.36 Å². The van der Waals surface area contributed by atoms with Crippen molar-refractivity contribution in [1.82, 2.24) is 19.9 Å². The van der Waals surface area contributed by atoms with Crippen molar-refractivity contribution in [3.05, 3.63) is 78.5 Å². The molecule has 0 bridgehead atoms. The lowest BCUT2D eigenvalue weighted by atomic mass is 10.1. The lowest BCUT2D eigenvalue weighted by Crippen LogP contribution is -2.46. The quantitative estimate of drug-likeness (QED) is 0.503. The number of carbonyl (C=O) groups is 1. The molecule has 1 amide bonds. The molecule has 4 rings (SSSR count). The largest absolute Gasteiger partial charge is 0.573 e. The molecule has 172 valence electrons. The minimum absolute atomic E-state index is 0.249. The Morgan fingerprint density at radius 2 is 1.85 bits per heavy atom. The van der Waals surface area contributed by atoms with Gasteiger partial charge >= 0.3 is 12.4 Å². The lowest BCUT2D eigenvalue weighted by Gasteiger charge is -2.31. The summed E-state index contributed by atoms with van der Waals surface area (Å²) in [5.41, 5.74) is 1.90. The Morgan fingerprint density at radius 3 is 2.58 bits per heavy atom. The topological polar surface area (TPSA) is 69.5 Å². The van der Waals surface area contributed by atoms with E-state index in [4.69, 9.17) is 4.74 Å². The first-order valence-electron chi connectivity index (χ1n) is 10.3. The summed E-state index contributed by atoms with van der Waals surface area (Å²) < 4.78 is 47.8. The SMILES string of the molecule is O=C(N1CCC=CC1COCc1ccccc1)n1cc(-c2ccc(OC(F)(F)F)cc2)nn1. The summed E-state index contributed by atoms with van der Waals surface area (Å²) in [7, 11) is 0. The van der Waals surface area contributed by atoms with Gasteiger partial charge < -0.3 is 14.4 Å². The Labute approximate surface area is 188 Å². The van der Waals surface area contributed by atoms with Crippen molar-refractivity contribution in [2.75, 3.05) is 13.2 Å². The molecule has 0 fully saturated rings. The van der Waals surface area contributed by atoms with Gasteiger partial charge in [0.15, 0.2) is 0 Å². The maximum Gasteiger partial charge on any atom is 0.573 e. The molecule has 0 spiro atoms. The zero-order chi connectivity index (χ0) is 23.3. The second-order valence-corrected chi connectivity index (χ2v) is 7.38. The van der Waals surface area contributed by atoms with Crippen LogP contribution in [0.5, 0.6) is 5.75 Å². The first kappa shape index (κ1) is 22.5. The highest BCUT2D eigenvalue weighted by atomic mass is 19.4. The number of nitrogens with zero attached hydrogens (tertiary/aromatic N) is 4. The number of ether oxygens (including phenoxy) is 2. The number of halogens is 3. The van der Waals surface area contributed by atoms with E-state index in [9.17, 15) is 18.0 Å². The minimum Gasteiger partial charge on any atom is -0.406 e. The van der Waals surface area contributed by atoms with E-state index in [-0.39, 0.29) is 17.8 Å². The second-order valence-electron chi connectivity index (χ2n) is 7.38. The Balaban J connectivity index is 1.40. The Bertz CT molecular complexity index is 1100. The van der Waals surface area contributed by atoms with Crippen LogP contribution >= 0.6 is 0 Å². The molecule has 1 aromatic heterocycles. The van der Waals surface area contributed by atoms with E-state index in [1.54, 1.807) is 4.90 Å². The Kier molecular flexibility index (Phi) is 6.74. The number of amides is 1. The molecule has 1 atom stereocenters. The summed E-state index contributed by atoms with van der Waals surface area (Å²) in [6, 6.07) is 14.3. The monoisotopic (exact) mass is 458 g/mol. The zero-order valence-corrected chi connectivity index (χ0v) is 17.5. The molecule has 7 nitrogen and oxygen atoms in total. The van der Waals surface area contributed by atoms with E-state index in [1.165, 1.54) is 30.5 Å². The number of aromatic nitrogens is 3. The van der Waals surface area contributed by atoms with E-state index in [1.807, 2.05) is 42.5 Å². The number of rotatable bonds is 6. The molecule has 2 aromatic carbocycles. The van der Waals surface area contributed by atoms with Crippen LogP contribution in [-0.4, -0.2) is 51.5 Å². The fraction of sp³-hybridized carbons (Fsp3) is 0.261. The number of alkyl halides is 3. The van der Waals surface area contributed by atoms with Gasteiger partial charge in [-0.1, -0.05) is 47.7 Å². The first-order valence-corrected chi connectivity index (χ1v) is 10.3. The first-order chi connectivity index (χ1) is 15.9. The van der Waals surface area contributed by atoms with Crippen LogP contribution in [0.25, 0.3) is 11.3 Å². The molecule has 33 heavy (non-hydrogen) atoms. The smallest absolute Gasteiger partial charge is 0.406 e. The average molecular weight is 458 g/mol. The third kappa shape index (κ3) is 5.98. The number of carbonyl (C=O) groups excluding carboxylic acids is 1. The highest BCUT2D eigenvalue weighted by molar-refractivity contribution is 5.77. The van der Waals surface area contributed by atoms with E-state index in [0.717, 1.165) is 10.2 Å². The van der Waals surface area contributed by atoms with E-state index in [0.29, 0.717) is 37.4 Å². The van der Waals surface area contributed by atoms with Crippen molar-refractivity contribution >= 4 is 6.03 Å². The van der Waals surface area contributed by atoms with Crippen LogP contribution in [0.4, 0.5) is 18.0 Å². The fourth-order valence-electron chi connectivity index (χ4n) is 3.44. The predicted octanol–water partition coefficient (Wildman–Crippen LogP) is 4.66. The van der Waals surface area contributed by atoms with Gasteiger partial charge in [0.05, 0.1) is 25.5 Å². The van der Waals surface area contributed by atoms with Gasteiger partial charge in [-0.05, 0) is 36.2 Å². The second kappa shape index (κ2) is 9.86. The molecule has 0 saturated carbocycles. The van der Waals surface area contributed by atoms with Crippen LogP contribution in [0.3, 0.4) is 0 Å². The summed E-state index contributed by atoms with van der Waals surface area (Å²) in [6.07, 6.45) is 1.34. The van der Waals surface area contributed by atoms with Crippen LogP contribution in [0.2, 0.25) is 0 Å². The van der Waals surface area contributed by atoms with Crippen LogP contribution < -0.4 is 4.74 Å². The maximum absolute atomic E-state index is 13.1. The standard InChI is InChI=1S/C23H21F3N4O3/c24-23(25,26)33-20-11-9-18(10-12-20)21-14-30(28-27-21)22(31)29-13-5-4-8-19(29)16-32-15-17-6-2-1-3-7-17/h1-4,6-12,14,19H,5,13,15-16H2. The molecule has 10 heteroatoms. The highest BCUT2D eigenvalue weighted by Gasteiger charge is 2.31. The van der Waals surface area contributed by atoms with Gasteiger partial charge in [0.2, 0.25) is 0 Å². The van der Waals surface area contributed by atoms with Gasteiger partial charge in [-0.3, -0.25) is 0 Å². The molecular weight excluding hydrogens is 437 g/mol. The molecular formula is C23H21F3N4O3. The summed E-state index contributed by atoms with van der Waals surface area (Å²) in [6.45, 7) is 1.28. The molecule has 1 aliphatic heterocycles. The molecule has 3 aromatic rings. The van der Waals surface area contributed by atoms with Gasteiger partial charge in [0, 0.05) is 12.1 Å². The predicted molar refractivity (Wildman–Crippen MR) is 113 cm³/mol. The van der Waals surface area contributed by atoms with Crippen LogP contribution in [0.15, 0.2) is 72.9 Å². The van der Waals surface area contributed by atoms with Crippen molar-refractivity contribution in [2.45, 2.75) is 25.4 Å². The van der Waals surface area contributed by atoms with Crippen molar-refractivity contribution in [3.8, 4) is 17.0 Å². The molecule has 0 radical (unpaired) electrons. The molecule has 0 N–H and O–H groups in total. The van der Waals surface area contributed by atoms with E-state index >= 15 is 0 Å². The number of benzene rings is 2. The number of hydrogen-bond donors (Lipinski definition) is 0. The maximum atomic E-state index is 13.1. The summed E-state index contributed by atoms with van der Waals surface area (Å²) in [4.78, 5) is 14.7. The number of hydrogen-bond acceptors (Lipinski definition) is 5. The Hall–Kier alpha value is -3.66. The van der Waals surface area contributed by atoms with Gasteiger partial charge in [-0.2, -0.15) is 4.68 Å². The van der Waals surface area contributed by atoms with E-state index in [2.05, 4.69) is 15.0 Å². The molecule has 2 heterocycles. The molecule has 0 aliphatic carbocycles. The van der Waals surface area contributed by atoms with Crippen LogP contribution in [0, 0.1) is 0 Å². The minimum atomic E-state index is -4.76. The van der Waals surface area contributed by atoms with Gasteiger partial charge in [0.1, 0.15) is 11.4 Å². The fourth-order valence-corrected chi connectivity index (χ4v) is 3.44. The summed E-state index contributed by atoms with van der Waals surface area (Å²) in [5, 5.41) is 7.90. The summed E-state index contributed by atoms with van der Waals surface area (Å²) in [5.74, 6) is -0.340. The third-order valence-corrected chi connectivity index (χ3v) is 5.01. The van der Waals surface area contributed by atoms with Crippen molar-refractivity contribution in [1.29, 1.82) is 0 Å². The Morgan fingerprint density at radius 1 is 1.09 bits per heavy atom. The molecule has 1 aliphatic rings. The van der Waals surface area contributed by atoms with Crippen molar-refractivity contribution in [3.63, 3.8) is 0 Å². The van der Waals surface area contributed by atoms with Gasteiger partial charge in [-0.15, -0.1) is 18.3 Å². The zero-order valence-electron chi connectivity index (χ0n) is 17.5. The third-order valence-electron chi connectivity index (χ3n) is 5.01. The molecule has 1 unspecified atom stereocenters. The molecule has 0 saturated heterocycles. The van der Waals surface area contributed by atoms with Crippen LogP contribution in [-0.2, 0) is 11.3 Å². The highest BCUT2D eigenvalue weighted by Crippen LogP contribution is 2.25. The summed E-state index contributed by atoms with van der Waals surface area (Å²) >= 11 is 0. The van der Waals surface area contributed by atoms with Gasteiger partial charge in [0.25, 0.3) is 0 Å². The van der Waals surface area contributed by atoms with Crippen LogP contribution in [0.1, 0.15) is 12.0 Å². The van der Waals surface area contributed by atoms with Crippen molar-refractivity contribution in [2.24, 2.45) is 0 Å². The van der Waals surface area contributed by atoms with Gasteiger partial charge in [-0.25, -0.2) is 4.79 Å². The van der Waals surface area contributed by atoms with Crippen molar-refractivity contribution < 1.29 is 27.4 Å². The average Bonchev–Trinajstić information content (AvgIpc) is 3.29.